The van der Waals surface area contributed by atoms with E-state index >= 15 is 0 Å². The van der Waals surface area contributed by atoms with Crippen LogP contribution in [0.3, 0.4) is 0 Å². The summed E-state index contributed by atoms with van der Waals surface area (Å²) in [6.45, 7) is 5.02. The highest BCUT2D eigenvalue weighted by Gasteiger charge is 2.09. The third kappa shape index (κ3) is 14.7. The number of rotatable bonds is 19. The Morgan fingerprint density at radius 3 is 2.19 bits per heavy atom. The maximum absolute atomic E-state index is 5.75. The van der Waals surface area contributed by atoms with Crippen LogP contribution in [0.1, 0.15) is 70.3 Å². The molecule has 0 spiro atoms. The van der Waals surface area contributed by atoms with Gasteiger partial charge in [-0.05, 0) is 12.0 Å². The first-order valence-corrected chi connectivity index (χ1v) is 10.7. The van der Waals surface area contributed by atoms with Crippen LogP contribution in [0.4, 0.5) is 0 Å². The number of hydrogen-bond donors (Lipinski definition) is 0. The Kier molecular flexibility index (Phi) is 16.4. The molecule has 4 nitrogen and oxygen atoms in total. The molecule has 0 radical (unpaired) electrons. The van der Waals surface area contributed by atoms with E-state index in [0.717, 1.165) is 6.42 Å². The number of hydrogen-bond acceptors (Lipinski definition) is 4. The maximum Gasteiger partial charge on any atom is 0.146 e. The summed E-state index contributed by atoms with van der Waals surface area (Å²) in [5.41, 5.74) is 1.19. The van der Waals surface area contributed by atoms with Crippen LogP contribution in [0.15, 0.2) is 30.3 Å². The van der Waals surface area contributed by atoms with Gasteiger partial charge in [-0.25, -0.2) is 0 Å². The van der Waals surface area contributed by atoms with Gasteiger partial charge in [-0.15, -0.1) is 0 Å². The van der Waals surface area contributed by atoms with Gasteiger partial charge in [0, 0.05) is 7.11 Å². The second kappa shape index (κ2) is 18.4. The van der Waals surface area contributed by atoms with Crippen molar-refractivity contribution in [2.75, 3.05) is 33.7 Å². The Labute approximate surface area is 166 Å². The van der Waals surface area contributed by atoms with Crippen LogP contribution in [0.5, 0.6) is 0 Å². The average molecular weight is 381 g/mol. The van der Waals surface area contributed by atoms with E-state index in [9.17, 15) is 0 Å². The molecule has 0 aliphatic carbocycles. The van der Waals surface area contributed by atoms with Crippen LogP contribution in [0.25, 0.3) is 0 Å². The number of unbranched alkanes of at least 4 members (excludes halogenated alkanes) is 7. The zero-order chi connectivity index (χ0) is 19.4. The van der Waals surface area contributed by atoms with Gasteiger partial charge in [0.15, 0.2) is 0 Å². The first-order valence-electron chi connectivity index (χ1n) is 10.7. The van der Waals surface area contributed by atoms with Gasteiger partial charge in [-0.2, -0.15) is 0 Å². The lowest BCUT2D eigenvalue weighted by molar-refractivity contribution is -0.103. The van der Waals surface area contributed by atoms with Crippen molar-refractivity contribution < 1.29 is 18.9 Å². The van der Waals surface area contributed by atoms with Gasteiger partial charge >= 0.3 is 0 Å². The van der Waals surface area contributed by atoms with Gasteiger partial charge in [-0.3, -0.25) is 0 Å². The topological polar surface area (TPSA) is 36.9 Å². The molecule has 1 rings (SSSR count). The number of ether oxygens (including phenoxy) is 4. The van der Waals surface area contributed by atoms with Crippen molar-refractivity contribution in [3.8, 4) is 0 Å². The second-order valence-corrected chi connectivity index (χ2v) is 7.07. The number of methoxy groups -OCH3 is 1. The summed E-state index contributed by atoms with van der Waals surface area (Å²) >= 11 is 0. The molecule has 0 amide bonds. The predicted molar refractivity (Wildman–Crippen MR) is 111 cm³/mol. The lowest BCUT2D eigenvalue weighted by Gasteiger charge is -2.17. The molecule has 0 fully saturated rings. The van der Waals surface area contributed by atoms with Gasteiger partial charge in [-0.1, -0.05) is 88.6 Å². The van der Waals surface area contributed by atoms with Gasteiger partial charge < -0.3 is 18.9 Å². The molecule has 0 aliphatic heterocycles. The van der Waals surface area contributed by atoms with E-state index in [1.807, 2.05) is 18.2 Å². The highest BCUT2D eigenvalue weighted by Crippen LogP contribution is 2.12. The van der Waals surface area contributed by atoms with Crippen LogP contribution in [0.2, 0.25) is 0 Å². The fraction of sp³-hybridized carbons (Fsp3) is 0.739. The molecule has 27 heavy (non-hydrogen) atoms. The van der Waals surface area contributed by atoms with E-state index in [1.165, 1.54) is 56.9 Å². The Hall–Kier alpha value is -0.940. The molecule has 0 N–H and O–H groups in total. The molecule has 0 saturated heterocycles. The zero-order valence-electron chi connectivity index (χ0n) is 17.5. The van der Waals surface area contributed by atoms with E-state index in [2.05, 4.69) is 19.1 Å². The predicted octanol–water partition coefficient (Wildman–Crippen LogP) is 5.74. The second-order valence-electron chi connectivity index (χ2n) is 7.07. The third-order valence-electron chi connectivity index (χ3n) is 4.59. The quantitative estimate of drug-likeness (QED) is 0.226. The summed E-state index contributed by atoms with van der Waals surface area (Å²) in [4.78, 5) is 0. The smallest absolute Gasteiger partial charge is 0.146 e. The van der Waals surface area contributed by atoms with Gasteiger partial charge in [0.2, 0.25) is 0 Å². The molecule has 0 bridgehead atoms. The van der Waals surface area contributed by atoms with Crippen LogP contribution in [0, 0.1) is 0 Å². The van der Waals surface area contributed by atoms with E-state index in [-0.39, 0.29) is 6.10 Å². The molecular weight excluding hydrogens is 340 g/mol. The van der Waals surface area contributed by atoms with Crippen molar-refractivity contribution in [3.05, 3.63) is 35.9 Å². The van der Waals surface area contributed by atoms with E-state index in [1.54, 1.807) is 7.11 Å². The largest absolute Gasteiger partial charge is 0.376 e. The molecule has 4 heteroatoms. The molecule has 0 unspecified atom stereocenters. The van der Waals surface area contributed by atoms with Gasteiger partial charge in [0.1, 0.15) is 6.79 Å². The maximum atomic E-state index is 5.75. The van der Waals surface area contributed by atoms with Crippen molar-refractivity contribution in [1.29, 1.82) is 0 Å². The summed E-state index contributed by atoms with van der Waals surface area (Å²) in [5, 5.41) is 0. The summed E-state index contributed by atoms with van der Waals surface area (Å²) < 4.78 is 22.2. The van der Waals surface area contributed by atoms with Crippen LogP contribution in [-0.4, -0.2) is 39.8 Å². The third-order valence-corrected chi connectivity index (χ3v) is 4.59. The van der Waals surface area contributed by atoms with Crippen molar-refractivity contribution in [2.24, 2.45) is 0 Å². The van der Waals surface area contributed by atoms with Crippen LogP contribution >= 0.6 is 0 Å². The van der Waals surface area contributed by atoms with Crippen molar-refractivity contribution in [2.45, 2.75) is 77.4 Å². The minimum atomic E-state index is 0.110. The Balaban J connectivity index is 2.02. The average Bonchev–Trinajstić information content (AvgIpc) is 2.70. The fourth-order valence-corrected chi connectivity index (χ4v) is 2.98. The minimum absolute atomic E-state index is 0.110. The normalized spacial score (nSPS) is 12.4. The highest BCUT2D eigenvalue weighted by atomic mass is 16.7. The summed E-state index contributed by atoms with van der Waals surface area (Å²) in [7, 11) is 1.66. The molecule has 0 aromatic heterocycles. The fourth-order valence-electron chi connectivity index (χ4n) is 2.98. The van der Waals surface area contributed by atoms with E-state index in [0.29, 0.717) is 33.2 Å². The van der Waals surface area contributed by atoms with Crippen LogP contribution < -0.4 is 0 Å². The molecule has 1 aromatic rings. The summed E-state index contributed by atoms with van der Waals surface area (Å²) in [5.74, 6) is 0. The first-order chi connectivity index (χ1) is 13.4. The molecule has 0 saturated carbocycles. The standard InChI is InChI=1S/C23H40O4/c1-3-4-5-6-7-8-9-13-16-23(27-21-24-2)20-26-18-17-25-19-22-14-11-10-12-15-22/h10-12,14-15,23H,3-9,13,16-21H2,1-2H3/t23-/m0/s1. The monoisotopic (exact) mass is 380 g/mol. The molecule has 0 aliphatic rings. The molecule has 156 valence electrons. The first kappa shape index (κ1) is 24.1. The Bertz CT molecular complexity index is 410. The zero-order valence-corrected chi connectivity index (χ0v) is 17.5. The van der Waals surface area contributed by atoms with Gasteiger partial charge in [0.25, 0.3) is 0 Å². The van der Waals surface area contributed by atoms with Gasteiger partial charge in [0.05, 0.1) is 32.5 Å². The SMILES string of the molecule is CCCCCCCCCC[C@@H](COCCOCc1ccccc1)OCOC. The highest BCUT2D eigenvalue weighted by molar-refractivity contribution is 5.13. The summed E-state index contributed by atoms with van der Waals surface area (Å²) in [6.07, 6.45) is 11.8. The molecule has 1 atom stereocenters. The van der Waals surface area contributed by atoms with Crippen molar-refractivity contribution in [3.63, 3.8) is 0 Å². The van der Waals surface area contributed by atoms with E-state index < -0.39 is 0 Å². The van der Waals surface area contributed by atoms with Crippen molar-refractivity contribution >= 4 is 0 Å². The Morgan fingerprint density at radius 2 is 1.48 bits per heavy atom. The molecular formula is C23H40O4. The molecule has 0 heterocycles. The summed E-state index contributed by atoms with van der Waals surface area (Å²) in [6, 6.07) is 10.2. The van der Waals surface area contributed by atoms with E-state index in [4.69, 9.17) is 18.9 Å². The van der Waals surface area contributed by atoms with Crippen molar-refractivity contribution in [1.82, 2.24) is 0 Å². The lowest BCUT2D eigenvalue weighted by atomic mass is 10.1. The van der Waals surface area contributed by atoms with Crippen LogP contribution in [-0.2, 0) is 25.6 Å². The lowest BCUT2D eigenvalue weighted by Crippen LogP contribution is -2.22. The molecule has 1 aromatic carbocycles. The Morgan fingerprint density at radius 1 is 0.815 bits per heavy atom. The number of benzene rings is 1. The minimum Gasteiger partial charge on any atom is -0.376 e.